The van der Waals surface area contributed by atoms with Crippen LogP contribution in [-0.4, -0.2) is 12.0 Å². The average molecular weight is 133 g/mol. The van der Waals surface area contributed by atoms with Gasteiger partial charge in [-0.25, -0.2) is 0 Å². The zero-order chi connectivity index (χ0) is 7.40. The lowest BCUT2D eigenvalue weighted by molar-refractivity contribution is -0.104. The topological polar surface area (TPSA) is 40.9 Å². The lowest BCUT2D eigenvalue weighted by Crippen LogP contribution is -1.97. The van der Waals surface area contributed by atoms with Gasteiger partial charge >= 0.3 is 0 Å². The molecule has 50 valence electrons. The quantitative estimate of drug-likeness (QED) is 0.424. The molecule has 0 saturated carbocycles. The van der Waals surface area contributed by atoms with Crippen molar-refractivity contribution in [2.45, 2.75) is 0 Å². The van der Waals surface area contributed by atoms with E-state index in [2.05, 4.69) is 0 Å². The summed E-state index contributed by atoms with van der Waals surface area (Å²) in [7, 11) is 0. The van der Waals surface area contributed by atoms with E-state index in [1.54, 1.807) is 24.3 Å². The Morgan fingerprint density at radius 1 is 1.30 bits per heavy atom. The highest BCUT2D eigenvalue weighted by atomic mass is 16.1. The maximum Gasteiger partial charge on any atom is 0.143 e. The molecule has 0 aliphatic heterocycles. The summed E-state index contributed by atoms with van der Waals surface area (Å²) in [6.45, 7) is 0. The Bertz CT molecular complexity index is 246. The van der Waals surface area contributed by atoms with Crippen molar-refractivity contribution in [1.29, 1.82) is 5.41 Å². The van der Waals surface area contributed by atoms with Crippen LogP contribution in [0, 0.1) is 5.41 Å². The summed E-state index contributed by atoms with van der Waals surface area (Å²) in [4.78, 5) is 9.99. The Morgan fingerprint density at radius 2 is 2.00 bits per heavy atom. The van der Waals surface area contributed by atoms with Gasteiger partial charge in [-0.3, -0.25) is 4.79 Å². The molecule has 0 saturated heterocycles. The number of hydrogen-bond acceptors (Lipinski definition) is 2. The number of carbonyl (C=O) groups is 1. The average Bonchev–Trinajstić information content (AvgIpc) is 1.94. The normalized spacial score (nSPS) is 20.0. The van der Waals surface area contributed by atoms with E-state index in [1.807, 2.05) is 0 Å². The van der Waals surface area contributed by atoms with E-state index in [9.17, 15) is 4.79 Å². The number of rotatable bonds is 1. The largest absolute Gasteiger partial charge is 0.300 e. The van der Waals surface area contributed by atoms with Crippen LogP contribution >= 0.6 is 0 Å². The van der Waals surface area contributed by atoms with Gasteiger partial charge in [-0.05, 0) is 12.2 Å². The Morgan fingerprint density at radius 3 is 2.60 bits per heavy atom. The molecule has 0 atom stereocenters. The molecular weight excluding hydrogens is 126 g/mol. The van der Waals surface area contributed by atoms with Crippen molar-refractivity contribution in [3.05, 3.63) is 36.0 Å². The first kappa shape index (κ1) is 6.68. The molecule has 0 heterocycles. The molecule has 0 aromatic heterocycles. The Kier molecular flexibility index (Phi) is 1.95. The molecule has 2 heteroatoms. The van der Waals surface area contributed by atoms with Gasteiger partial charge in [0.25, 0.3) is 0 Å². The highest BCUT2D eigenvalue weighted by molar-refractivity contribution is 6.11. The van der Waals surface area contributed by atoms with E-state index in [4.69, 9.17) is 5.41 Å². The third kappa shape index (κ3) is 1.29. The van der Waals surface area contributed by atoms with Gasteiger partial charge in [0.2, 0.25) is 0 Å². The molecule has 0 bridgehead atoms. The number of aldehydes is 1. The smallest absolute Gasteiger partial charge is 0.143 e. The van der Waals surface area contributed by atoms with Crippen LogP contribution in [-0.2, 0) is 4.79 Å². The molecule has 1 rings (SSSR count). The van der Waals surface area contributed by atoms with Gasteiger partial charge in [0.15, 0.2) is 0 Å². The zero-order valence-corrected chi connectivity index (χ0v) is 5.37. The van der Waals surface area contributed by atoms with E-state index in [-0.39, 0.29) is 0 Å². The Hall–Kier alpha value is -1.44. The van der Waals surface area contributed by atoms with Gasteiger partial charge in [0.05, 0.1) is 5.71 Å². The summed E-state index contributed by atoms with van der Waals surface area (Å²) in [5.74, 6) is 0. The molecule has 0 unspecified atom stereocenters. The van der Waals surface area contributed by atoms with E-state index in [0.29, 0.717) is 17.6 Å². The van der Waals surface area contributed by atoms with Crippen LogP contribution in [0.25, 0.3) is 0 Å². The van der Waals surface area contributed by atoms with E-state index < -0.39 is 0 Å². The molecule has 1 aliphatic carbocycles. The molecule has 1 aliphatic rings. The number of nitrogens with one attached hydrogen (secondary N) is 1. The van der Waals surface area contributed by atoms with Crippen molar-refractivity contribution < 1.29 is 4.79 Å². The maximum atomic E-state index is 9.99. The molecule has 0 aromatic carbocycles. The van der Waals surface area contributed by atoms with Crippen molar-refractivity contribution in [2.24, 2.45) is 0 Å². The van der Waals surface area contributed by atoms with E-state index in [1.165, 1.54) is 6.08 Å². The first-order valence-corrected chi connectivity index (χ1v) is 2.94. The molecule has 0 aromatic rings. The number of hydrogen-bond donors (Lipinski definition) is 1. The molecule has 0 amide bonds. The predicted octanol–water partition coefficient (Wildman–Crippen LogP) is 1.26. The Labute approximate surface area is 59.1 Å². The van der Waals surface area contributed by atoms with Gasteiger partial charge in [-0.2, -0.15) is 0 Å². The first-order chi connectivity index (χ1) is 4.84. The fourth-order valence-corrected chi connectivity index (χ4v) is 0.716. The highest BCUT2D eigenvalue weighted by Crippen LogP contribution is 2.04. The Balaban J connectivity index is 2.90. The summed E-state index contributed by atoms with van der Waals surface area (Å²) >= 11 is 0. The minimum absolute atomic E-state index is 0.384. The zero-order valence-electron chi connectivity index (χ0n) is 5.37. The summed E-state index contributed by atoms with van der Waals surface area (Å²) < 4.78 is 0. The fourth-order valence-electron chi connectivity index (χ4n) is 0.716. The molecule has 10 heavy (non-hydrogen) atoms. The van der Waals surface area contributed by atoms with Crippen LogP contribution in [0.1, 0.15) is 0 Å². The second-order valence-corrected chi connectivity index (χ2v) is 1.89. The van der Waals surface area contributed by atoms with Crippen molar-refractivity contribution in [3.8, 4) is 0 Å². The molecule has 0 spiro atoms. The lowest BCUT2D eigenvalue weighted by atomic mass is 10.1. The lowest BCUT2D eigenvalue weighted by Gasteiger charge is -1.99. The number of carbonyl (C=O) groups excluding carboxylic acids is 1. The van der Waals surface area contributed by atoms with Crippen molar-refractivity contribution in [1.82, 2.24) is 0 Å². The van der Waals surface area contributed by atoms with Crippen LogP contribution in [0.15, 0.2) is 36.0 Å². The molecule has 2 nitrogen and oxygen atoms in total. The van der Waals surface area contributed by atoms with Crippen molar-refractivity contribution in [2.75, 3.05) is 0 Å². The van der Waals surface area contributed by atoms with Crippen molar-refractivity contribution >= 4 is 12.0 Å². The van der Waals surface area contributed by atoms with E-state index >= 15 is 0 Å². The second kappa shape index (κ2) is 2.92. The van der Waals surface area contributed by atoms with Crippen LogP contribution in [0.2, 0.25) is 0 Å². The molecule has 1 N–H and O–H groups in total. The van der Waals surface area contributed by atoms with Crippen molar-refractivity contribution in [3.63, 3.8) is 0 Å². The summed E-state index contributed by atoms with van der Waals surface area (Å²) in [5, 5.41) is 7.28. The summed E-state index contributed by atoms with van der Waals surface area (Å²) in [5.41, 5.74) is 1.05. The summed E-state index contributed by atoms with van der Waals surface area (Å²) in [6.07, 6.45) is 9.01. The van der Waals surface area contributed by atoms with Crippen LogP contribution in [0.3, 0.4) is 0 Å². The predicted molar refractivity (Wildman–Crippen MR) is 40.2 cm³/mol. The third-order valence-electron chi connectivity index (χ3n) is 1.21. The molecular formula is C8H7NO. The van der Waals surface area contributed by atoms with Gasteiger partial charge in [0, 0.05) is 5.57 Å². The second-order valence-electron chi connectivity index (χ2n) is 1.89. The molecule has 0 radical (unpaired) electrons. The van der Waals surface area contributed by atoms with Crippen LogP contribution < -0.4 is 0 Å². The van der Waals surface area contributed by atoms with Gasteiger partial charge in [0.1, 0.15) is 6.29 Å². The van der Waals surface area contributed by atoms with Gasteiger partial charge in [-0.15, -0.1) is 0 Å². The SMILES string of the molecule is N=C1C=CC=C/C1=C\C=O. The maximum absolute atomic E-state index is 9.99. The fraction of sp³-hybridized carbons (Fsp3) is 0. The summed E-state index contributed by atoms with van der Waals surface area (Å²) in [6, 6.07) is 0. The molecule has 0 fully saturated rings. The standard InChI is InChI=1S/C8H7NO/c9-8-4-2-1-3-7(8)5-6-10/h1-6,9H/b7-5+,9-8?. The number of allylic oxidation sites excluding steroid dienone is 6. The van der Waals surface area contributed by atoms with Gasteiger partial charge in [-0.1, -0.05) is 18.2 Å². The minimum Gasteiger partial charge on any atom is -0.300 e. The highest BCUT2D eigenvalue weighted by Gasteiger charge is 1.98. The monoisotopic (exact) mass is 133 g/mol. The third-order valence-corrected chi connectivity index (χ3v) is 1.21. The van der Waals surface area contributed by atoms with Crippen LogP contribution in [0.5, 0.6) is 0 Å². The van der Waals surface area contributed by atoms with E-state index in [0.717, 1.165) is 0 Å². The first-order valence-electron chi connectivity index (χ1n) is 2.94. The minimum atomic E-state index is 0.384. The van der Waals surface area contributed by atoms with Gasteiger partial charge < -0.3 is 5.41 Å². The van der Waals surface area contributed by atoms with Crippen LogP contribution in [0.4, 0.5) is 0 Å².